The van der Waals surface area contributed by atoms with Crippen LogP contribution in [0.2, 0.25) is 5.02 Å². The van der Waals surface area contributed by atoms with Crippen LogP contribution in [0.4, 0.5) is 5.69 Å². The Morgan fingerprint density at radius 2 is 1.95 bits per heavy atom. The van der Waals surface area contributed by atoms with Gasteiger partial charge in [0.1, 0.15) is 0 Å². The second-order valence-electron chi connectivity index (χ2n) is 5.02. The van der Waals surface area contributed by atoms with E-state index in [4.69, 9.17) is 16.7 Å². The number of rotatable bonds is 10. The summed E-state index contributed by atoms with van der Waals surface area (Å²) in [6.45, 7) is 3.62. The van der Waals surface area contributed by atoms with Gasteiger partial charge in [-0.05, 0) is 24.6 Å². The third-order valence-electron chi connectivity index (χ3n) is 3.30. The Kier molecular flexibility index (Phi) is 8.12. The molecule has 20 heavy (non-hydrogen) atoms. The number of anilines is 1. The first-order valence-corrected chi connectivity index (χ1v) is 7.73. The Hall–Kier alpha value is -1.22. The van der Waals surface area contributed by atoms with E-state index in [0.717, 1.165) is 18.7 Å². The van der Waals surface area contributed by atoms with Crippen molar-refractivity contribution in [2.24, 2.45) is 0 Å². The number of hydrogen-bond acceptors (Lipinski definition) is 2. The Labute approximate surface area is 126 Å². The van der Waals surface area contributed by atoms with Gasteiger partial charge in [-0.1, -0.05) is 50.3 Å². The number of carboxylic acid groups (broad SMARTS) is 1. The van der Waals surface area contributed by atoms with E-state index in [9.17, 15) is 4.79 Å². The molecule has 0 heterocycles. The first kappa shape index (κ1) is 16.8. The minimum absolute atomic E-state index is 0.154. The second kappa shape index (κ2) is 9.65. The lowest BCUT2D eigenvalue weighted by Gasteiger charge is -2.24. The molecule has 0 aliphatic rings. The zero-order valence-electron chi connectivity index (χ0n) is 12.1. The van der Waals surface area contributed by atoms with E-state index in [-0.39, 0.29) is 6.42 Å². The molecular formula is C16H24ClNO2. The average molecular weight is 298 g/mol. The summed E-state index contributed by atoms with van der Waals surface area (Å²) in [4.78, 5) is 12.9. The number of halogens is 1. The summed E-state index contributed by atoms with van der Waals surface area (Å²) in [6.07, 6.45) is 6.19. The van der Waals surface area contributed by atoms with Gasteiger partial charge in [-0.3, -0.25) is 4.79 Å². The van der Waals surface area contributed by atoms with Crippen LogP contribution in [-0.4, -0.2) is 24.2 Å². The molecule has 112 valence electrons. The van der Waals surface area contributed by atoms with E-state index >= 15 is 0 Å². The van der Waals surface area contributed by atoms with E-state index in [0.29, 0.717) is 11.6 Å². The first-order valence-electron chi connectivity index (χ1n) is 7.35. The molecule has 1 aromatic rings. The summed E-state index contributed by atoms with van der Waals surface area (Å²) in [7, 11) is 0. The average Bonchev–Trinajstić information content (AvgIpc) is 2.41. The Morgan fingerprint density at radius 3 is 2.60 bits per heavy atom. The van der Waals surface area contributed by atoms with Crippen molar-refractivity contribution in [3.05, 3.63) is 29.3 Å². The largest absolute Gasteiger partial charge is 0.481 e. The Balaban J connectivity index is 2.53. The van der Waals surface area contributed by atoms with Gasteiger partial charge in [0.05, 0.1) is 6.42 Å². The van der Waals surface area contributed by atoms with E-state index < -0.39 is 5.97 Å². The molecule has 0 unspecified atom stereocenters. The van der Waals surface area contributed by atoms with Gasteiger partial charge >= 0.3 is 5.97 Å². The topological polar surface area (TPSA) is 40.5 Å². The van der Waals surface area contributed by atoms with Crippen LogP contribution in [0.1, 0.15) is 45.4 Å². The van der Waals surface area contributed by atoms with Gasteiger partial charge < -0.3 is 10.0 Å². The molecule has 4 heteroatoms. The molecule has 0 fully saturated rings. The molecule has 0 bridgehead atoms. The summed E-state index contributed by atoms with van der Waals surface area (Å²) in [6, 6.07) is 7.62. The molecule has 0 aliphatic carbocycles. The van der Waals surface area contributed by atoms with E-state index in [1.165, 1.54) is 25.7 Å². The van der Waals surface area contributed by atoms with Gasteiger partial charge in [0.2, 0.25) is 0 Å². The highest BCUT2D eigenvalue weighted by atomic mass is 35.5. The molecular weight excluding hydrogens is 274 g/mol. The Bertz CT molecular complexity index is 409. The summed E-state index contributed by atoms with van der Waals surface area (Å²) < 4.78 is 0. The van der Waals surface area contributed by atoms with Crippen molar-refractivity contribution in [1.82, 2.24) is 0 Å². The normalized spacial score (nSPS) is 10.5. The minimum Gasteiger partial charge on any atom is -0.481 e. The fraction of sp³-hybridized carbons (Fsp3) is 0.562. The number of unbranched alkanes of at least 4 members (excludes halogenated alkanes) is 4. The van der Waals surface area contributed by atoms with Crippen molar-refractivity contribution < 1.29 is 9.90 Å². The van der Waals surface area contributed by atoms with Crippen molar-refractivity contribution in [2.75, 3.05) is 18.0 Å². The van der Waals surface area contributed by atoms with E-state index in [1.807, 2.05) is 24.3 Å². The van der Waals surface area contributed by atoms with Gasteiger partial charge in [0.15, 0.2) is 0 Å². The fourth-order valence-electron chi connectivity index (χ4n) is 2.18. The standard InChI is InChI=1S/C16H24ClNO2/c1-2-3-4-5-6-11-18(12-10-16(19)20)15-9-7-8-14(17)13-15/h7-9,13H,2-6,10-12H2,1H3,(H,19,20). The highest BCUT2D eigenvalue weighted by Gasteiger charge is 2.09. The van der Waals surface area contributed by atoms with Gasteiger partial charge in [0.25, 0.3) is 0 Å². The van der Waals surface area contributed by atoms with Crippen LogP contribution in [0.3, 0.4) is 0 Å². The summed E-state index contributed by atoms with van der Waals surface area (Å²) in [5.41, 5.74) is 1.01. The number of carbonyl (C=O) groups is 1. The molecule has 0 atom stereocenters. The maximum absolute atomic E-state index is 10.8. The van der Waals surface area contributed by atoms with Crippen LogP contribution in [0, 0.1) is 0 Å². The van der Waals surface area contributed by atoms with E-state index in [1.54, 1.807) is 0 Å². The molecule has 0 saturated carbocycles. The maximum atomic E-state index is 10.8. The zero-order valence-corrected chi connectivity index (χ0v) is 12.9. The molecule has 1 aromatic carbocycles. The van der Waals surface area contributed by atoms with Crippen LogP contribution in [0.5, 0.6) is 0 Å². The van der Waals surface area contributed by atoms with E-state index in [2.05, 4.69) is 11.8 Å². The molecule has 0 spiro atoms. The van der Waals surface area contributed by atoms with Crippen LogP contribution in [-0.2, 0) is 4.79 Å². The van der Waals surface area contributed by atoms with Crippen LogP contribution < -0.4 is 4.90 Å². The SMILES string of the molecule is CCCCCCCN(CCC(=O)O)c1cccc(Cl)c1. The smallest absolute Gasteiger partial charge is 0.305 e. The predicted octanol–water partition coefficient (Wildman–Crippen LogP) is 4.59. The van der Waals surface area contributed by atoms with Gasteiger partial charge in [0, 0.05) is 23.8 Å². The number of nitrogens with zero attached hydrogens (tertiary/aromatic N) is 1. The number of hydrogen-bond donors (Lipinski definition) is 1. The lowest BCUT2D eigenvalue weighted by Crippen LogP contribution is -2.27. The Morgan fingerprint density at radius 1 is 1.20 bits per heavy atom. The minimum atomic E-state index is -0.761. The summed E-state index contributed by atoms with van der Waals surface area (Å²) in [5.74, 6) is -0.761. The van der Waals surface area contributed by atoms with Gasteiger partial charge in [-0.2, -0.15) is 0 Å². The van der Waals surface area contributed by atoms with Crippen LogP contribution in [0.25, 0.3) is 0 Å². The molecule has 1 rings (SSSR count). The third-order valence-corrected chi connectivity index (χ3v) is 3.54. The molecule has 1 N–H and O–H groups in total. The molecule has 0 saturated heterocycles. The quantitative estimate of drug-likeness (QED) is 0.642. The second-order valence-corrected chi connectivity index (χ2v) is 5.46. The summed E-state index contributed by atoms with van der Waals surface area (Å²) >= 11 is 6.01. The van der Waals surface area contributed by atoms with Crippen molar-refractivity contribution in [3.63, 3.8) is 0 Å². The number of benzene rings is 1. The number of carboxylic acids is 1. The van der Waals surface area contributed by atoms with Crippen molar-refractivity contribution >= 4 is 23.3 Å². The molecule has 0 radical (unpaired) electrons. The highest BCUT2D eigenvalue weighted by Crippen LogP contribution is 2.20. The highest BCUT2D eigenvalue weighted by molar-refractivity contribution is 6.30. The monoisotopic (exact) mass is 297 g/mol. The molecule has 0 aliphatic heterocycles. The van der Waals surface area contributed by atoms with Gasteiger partial charge in [-0.15, -0.1) is 0 Å². The number of aliphatic carboxylic acids is 1. The van der Waals surface area contributed by atoms with Crippen LogP contribution >= 0.6 is 11.6 Å². The lowest BCUT2D eigenvalue weighted by atomic mass is 10.1. The zero-order chi connectivity index (χ0) is 14.8. The molecule has 0 aromatic heterocycles. The predicted molar refractivity (Wildman–Crippen MR) is 84.7 cm³/mol. The maximum Gasteiger partial charge on any atom is 0.305 e. The summed E-state index contributed by atoms with van der Waals surface area (Å²) in [5, 5.41) is 9.54. The van der Waals surface area contributed by atoms with Crippen molar-refractivity contribution in [3.8, 4) is 0 Å². The molecule has 0 amide bonds. The third kappa shape index (κ3) is 6.80. The lowest BCUT2D eigenvalue weighted by molar-refractivity contribution is -0.136. The van der Waals surface area contributed by atoms with Crippen molar-refractivity contribution in [1.29, 1.82) is 0 Å². The van der Waals surface area contributed by atoms with Crippen molar-refractivity contribution in [2.45, 2.75) is 45.4 Å². The molecule has 3 nitrogen and oxygen atoms in total. The van der Waals surface area contributed by atoms with Gasteiger partial charge in [-0.25, -0.2) is 0 Å². The fourth-order valence-corrected chi connectivity index (χ4v) is 2.36. The first-order chi connectivity index (χ1) is 9.63. The van der Waals surface area contributed by atoms with Crippen LogP contribution in [0.15, 0.2) is 24.3 Å².